The van der Waals surface area contributed by atoms with E-state index >= 15 is 0 Å². The van der Waals surface area contributed by atoms with Gasteiger partial charge in [-0.2, -0.15) is 0 Å². The lowest BCUT2D eigenvalue weighted by Crippen LogP contribution is -2.49. The molecule has 4 rings (SSSR count). The molecule has 0 aromatic heterocycles. The SMILES string of the molecule is COC(=O)C1(CCCN[C@H](C(=O)OC(C)(C)C)C(C)C)CCN(C(c2ccccc2)(c2ccccc2)c2ccccc2)C1. The lowest BCUT2D eigenvalue weighted by molar-refractivity contribution is -0.159. The van der Waals surface area contributed by atoms with Crippen molar-refractivity contribution in [2.75, 3.05) is 26.7 Å². The lowest BCUT2D eigenvalue weighted by atomic mass is 9.75. The second kappa shape index (κ2) is 13.9. The van der Waals surface area contributed by atoms with Crippen LogP contribution in [0.25, 0.3) is 0 Å². The molecule has 3 aromatic carbocycles. The number of likely N-dealkylation sites (tertiary alicyclic amines) is 1. The van der Waals surface area contributed by atoms with Gasteiger partial charge >= 0.3 is 11.9 Å². The summed E-state index contributed by atoms with van der Waals surface area (Å²) in [6, 6.07) is 31.3. The van der Waals surface area contributed by atoms with Crippen molar-refractivity contribution in [3.05, 3.63) is 108 Å². The topological polar surface area (TPSA) is 67.9 Å². The van der Waals surface area contributed by atoms with Crippen LogP contribution < -0.4 is 5.32 Å². The molecule has 1 aliphatic heterocycles. The average Bonchev–Trinajstić information content (AvgIpc) is 3.43. The molecule has 3 aromatic rings. The van der Waals surface area contributed by atoms with Crippen LogP contribution in [0.4, 0.5) is 0 Å². The van der Waals surface area contributed by atoms with Crippen LogP contribution in [0, 0.1) is 11.3 Å². The lowest BCUT2D eigenvalue weighted by Gasteiger charge is -2.44. The number of hydrogen-bond donors (Lipinski definition) is 1. The Hall–Kier alpha value is -3.48. The molecule has 0 bridgehead atoms. The average molecular weight is 585 g/mol. The monoisotopic (exact) mass is 584 g/mol. The van der Waals surface area contributed by atoms with Crippen molar-refractivity contribution >= 4 is 11.9 Å². The van der Waals surface area contributed by atoms with E-state index in [0.29, 0.717) is 25.9 Å². The third kappa shape index (κ3) is 7.19. The van der Waals surface area contributed by atoms with Crippen LogP contribution in [0.15, 0.2) is 91.0 Å². The molecule has 1 heterocycles. The molecule has 43 heavy (non-hydrogen) atoms. The van der Waals surface area contributed by atoms with Gasteiger partial charge in [-0.25, -0.2) is 0 Å². The Morgan fingerprint density at radius 2 is 1.35 bits per heavy atom. The molecule has 1 saturated heterocycles. The molecule has 0 aliphatic carbocycles. The van der Waals surface area contributed by atoms with Gasteiger partial charge in [-0.1, -0.05) is 105 Å². The molecule has 1 unspecified atom stereocenters. The molecular formula is C37H48N2O4. The summed E-state index contributed by atoms with van der Waals surface area (Å²) in [7, 11) is 1.49. The summed E-state index contributed by atoms with van der Waals surface area (Å²) in [5.41, 5.74) is 1.68. The van der Waals surface area contributed by atoms with Crippen molar-refractivity contribution < 1.29 is 19.1 Å². The Balaban J connectivity index is 1.64. The van der Waals surface area contributed by atoms with E-state index in [9.17, 15) is 9.59 Å². The van der Waals surface area contributed by atoms with Gasteiger partial charge in [0.2, 0.25) is 0 Å². The van der Waals surface area contributed by atoms with Gasteiger partial charge < -0.3 is 14.8 Å². The van der Waals surface area contributed by atoms with Gasteiger partial charge in [0.15, 0.2) is 0 Å². The van der Waals surface area contributed by atoms with E-state index in [2.05, 4.69) is 83.0 Å². The molecule has 0 spiro atoms. The van der Waals surface area contributed by atoms with E-state index in [-0.39, 0.29) is 17.9 Å². The minimum atomic E-state index is -0.667. The Morgan fingerprint density at radius 1 is 0.860 bits per heavy atom. The Bertz CT molecular complexity index is 1220. The van der Waals surface area contributed by atoms with Crippen LogP contribution >= 0.6 is 0 Å². The molecule has 1 N–H and O–H groups in total. The third-order valence-electron chi connectivity index (χ3n) is 8.54. The molecule has 230 valence electrons. The maximum Gasteiger partial charge on any atom is 0.323 e. The van der Waals surface area contributed by atoms with Crippen molar-refractivity contribution in [1.29, 1.82) is 0 Å². The van der Waals surface area contributed by atoms with Crippen LogP contribution in [-0.2, 0) is 24.6 Å². The van der Waals surface area contributed by atoms with Gasteiger partial charge in [0.1, 0.15) is 11.6 Å². The van der Waals surface area contributed by atoms with E-state index in [1.807, 2.05) is 52.8 Å². The predicted molar refractivity (Wildman–Crippen MR) is 172 cm³/mol. The minimum Gasteiger partial charge on any atom is -0.469 e. The van der Waals surface area contributed by atoms with Crippen molar-refractivity contribution in [3.8, 4) is 0 Å². The first-order valence-electron chi connectivity index (χ1n) is 15.5. The molecule has 6 nitrogen and oxygen atoms in total. The molecule has 1 fully saturated rings. The summed E-state index contributed by atoms with van der Waals surface area (Å²) in [5, 5.41) is 3.42. The fourth-order valence-electron chi connectivity index (χ4n) is 6.57. The van der Waals surface area contributed by atoms with Crippen molar-refractivity contribution in [2.24, 2.45) is 11.3 Å². The highest BCUT2D eigenvalue weighted by Gasteiger charge is 2.52. The highest BCUT2D eigenvalue weighted by atomic mass is 16.6. The summed E-state index contributed by atoms with van der Waals surface area (Å²) in [6.07, 6.45) is 2.06. The molecule has 2 atom stereocenters. The van der Waals surface area contributed by atoms with Crippen LogP contribution in [0.3, 0.4) is 0 Å². The van der Waals surface area contributed by atoms with Crippen molar-refractivity contribution in [1.82, 2.24) is 10.2 Å². The van der Waals surface area contributed by atoms with Gasteiger partial charge in [-0.05, 0) is 69.2 Å². The largest absolute Gasteiger partial charge is 0.469 e. The number of nitrogens with zero attached hydrogens (tertiary/aromatic N) is 1. The second-order valence-corrected chi connectivity index (χ2v) is 13.1. The zero-order valence-electron chi connectivity index (χ0n) is 26.6. The molecule has 6 heteroatoms. The van der Waals surface area contributed by atoms with Crippen molar-refractivity contribution in [2.45, 2.75) is 71.1 Å². The number of esters is 2. The normalized spacial score (nSPS) is 18.4. The summed E-state index contributed by atoms with van der Waals surface area (Å²) in [5.74, 6) is -0.337. The Labute approximate surface area is 257 Å². The molecule has 0 amide bonds. The highest BCUT2D eigenvalue weighted by molar-refractivity contribution is 5.78. The standard InChI is InChI=1S/C37H48N2O4/c1-28(2)32(33(40)43-35(3,4)5)38-25-16-23-36(34(41)42-6)24-26-39(27-36)37(29-17-10-7-11-18-29,30-19-12-8-13-20-30)31-21-14-9-15-22-31/h7-15,17-22,28,32,38H,16,23-27H2,1-6H3/t32-,36?/m0/s1. The van der Waals surface area contributed by atoms with E-state index in [0.717, 1.165) is 29.7 Å². The second-order valence-electron chi connectivity index (χ2n) is 13.1. The van der Waals surface area contributed by atoms with Crippen LogP contribution in [-0.4, -0.2) is 55.2 Å². The maximum absolute atomic E-state index is 13.6. The summed E-state index contributed by atoms with van der Waals surface area (Å²) in [4.78, 5) is 28.9. The highest BCUT2D eigenvalue weighted by Crippen LogP contribution is 2.48. The molecule has 0 saturated carbocycles. The summed E-state index contributed by atoms with van der Waals surface area (Å²) >= 11 is 0. The number of hydrogen-bond acceptors (Lipinski definition) is 6. The van der Waals surface area contributed by atoms with Crippen LogP contribution in [0.2, 0.25) is 0 Å². The van der Waals surface area contributed by atoms with Crippen molar-refractivity contribution in [3.63, 3.8) is 0 Å². The zero-order valence-corrected chi connectivity index (χ0v) is 26.6. The zero-order chi connectivity index (χ0) is 31.1. The number of carbonyl (C=O) groups excluding carboxylic acids is 2. The molecule has 0 radical (unpaired) electrons. The Kier molecular flexibility index (Phi) is 10.5. The first-order valence-corrected chi connectivity index (χ1v) is 15.5. The van der Waals surface area contributed by atoms with Gasteiger partial charge in [0.05, 0.1) is 18.1 Å². The van der Waals surface area contributed by atoms with Gasteiger partial charge in [-0.3, -0.25) is 14.5 Å². The third-order valence-corrected chi connectivity index (χ3v) is 8.54. The van der Waals surface area contributed by atoms with E-state index in [4.69, 9.17) is 9.47 Å². The molecule has 1 aliphatic rings. The fraction of sp³-hybridized carbons (Fsp3) is 0.459. The van der Waals surface area contributed by atoms with Crippen LogP contribution in [0.5, 0.6) is 0 Å². The van der Waals surface area contributed by atoms with Crippen LogP contribution in [0.1, 0.15) is 70.6 Å². The van der Waals surface area contributed by atoms with Gasteiger partial charge in [0, 0.05) is 13.1 Å². The summed E-state index contributed by atoms with van der Waals surface area (Å²) < 4.78 is 11.1. The number of benzene rings is 3. The number of rotatable bonds is 12. The number of nitrogens with one attached hydrogen (secondary N) is 1. The van der Waals surface area contributed by atoms with Gasteiger partial charge in [-0.15, -0.1) is 0 Å². The minimum absolute atomic E-state index is 0.0784. The smallest absolute Gasteiger partial charge is 0.323 e. The number of methoxy groups -OCH3 is 1. The molecular weight excluding hydrogens is 536 g/mol. The van der Waals surface area contributed by atoms with E-state index in [1.54, 1.807) is 0 Å². The first-order chi connectivity index (χ1) is 20.5. The quantitative estimate of drug-likeness (QED) is 0.147. The first kappa shape index (κ1) is 32.4. The Morgan fingerprint density at radius 3 is 1.77 bits per heavy atom. The summed E-state index contributed by atoms with van der Waals surface area (Å²) in [6.45, 7) is 11.6. The number of carbonyl (C=O) groups is 2. The predicted octanol–water partition coefficient (Wildman–Crippen LogP) is 6.58. The van der Waals surface area contributed by atoms with E-state index in [1.165, 1.54) is 7.11 Å². The maximum atomic E-state index is 13.6. The van der Waals surface area contributed by atoms with Gasteiger partial charge in [0.25, 0.3) is 0 Å². The fourth-order valence-corrected chi connectivity index (χ4v) is 6.57. The van der Waals surface area contributed by atoms with E-state index < -0.39 is 22.6 Å². The number of ether oxygens (including phenoxy) is 2.